The first-order valence-corrected chi connectivity index (χ1v) is 7.00. The molecule has 0 N–H and O–H groups in total. The second-order valence-electron chi connectivity index (χ2n) is 6.07. The normalized spacial score (nSPS) is 11.3. The highest BCUT2D eigenvalue weighted by Gasteiger charge is 2.22. The smallest absolute Gasteiger partial charge is 0.438 e. The van der Waals surface area contributed by atoms with Crippen LogP contribution in [0.5, 0.6) is 0 Å². The topological polar surface area (TPSA) is 47.4 Å². The van der Waals surface area contributed by atoms with E-state index < -0.39 is 11.7 Å². The van der Waals surface area contributed by atoms with Crippen molar-refractivity contribution in [1.29, 1.82) is 0 Å². The van der Waals surface area contributed by atoms with Crippen molar-refractivity contribution < 1.29 is 14.0 Å². The number of aromatic nitrogens is 2. The number of nitrogens with zero attached hydrogens (tertiary/aromatic N) is 3. The zero-order valence-electron chi connectivity index (χ0n) is 13.2. The third-order valence-electron chi connectivity index (χ3n) is 2.88. The maximum Gasteiger partial charge on any atom is 0.438 e. The largest absolute Gasteiger partial charge is 0.442 e. The van der Waals surface area contributed by atoms with Gasteiger partial charge >= 0.3 is 6.09 Å². The van der Waals surface area contributed by atoms with Crippen LogP contribution in [-0.2, 0) is 18.3 Å². The number of carbonyl (C=O) groups excluding carboxylic acids is 1. The molecule has 0 aliphatic rings. The molecule has 0 radical (unpaired) electrons. The molecule has 0 unspecified atom stereocenters. The van der Waals surface area contributed by atoms with Crippen molar-refractivity contribution in [2.45, 2.75) is 32.9 Å². The summed E-state index contributed by atoms with van der Waals surface area (Å²) in [6, 6.07) is 9.13. The van der Waals surface area contributed by atoms with E-state index in [4.69, 9.17) is 4.74 Å². The molecule has 0 saturated heterocycles. The number of hydrogen-bond donors (Lipinski definition) is 0. The lowest BCUT2D eigenvalue weighted by atomic mass is 10.1. The molecule has 1 heterocycles. The van der Waals surface area contributed by atoms with Gasteiger partial charge in [-0.3, -0.25) is 4.68 Å². The summed E-state index contributed by atoms with van der Waals surface area (Å²) in [5.74, 6) is 0. The molecule has 1 amide bonds. The van der Waals surface area contributed by atoms with Gasteiger partial charge in [-0.15, -0.1) is 5.12 Å². The summed E-state index contributed by atoms with van der Waals surface area (Å²) in [6.07, 6.45) is 0.871. The van der Waals surface area contributed by atoms with Gasteiger partial charge in [0, 0.05) is 18.8 Å². The summed E-state index contributed by atoms with van der Waals surface area (Å²) in [6.45, 7) is 4.93. The van der Waals surface area contributed by atoms with Gasteiger partial charge in [-0.05, 0) is 32.4 Å². The van der Waals surface area contributed by atoms with Crippen LogP contribution >= 0.6 is 0 Å². The van der Waals surface area contributed by atoms with Gasteiger partial charge in [-0.2, -0.15) is 5.10 Å². The molecule has 0 atom stereocenters. The molecule has 6 heteroatoms. The third kappa shape index (κ3) is 4.31. The minimum absolute atomic E-state index is 0.0705. The average molecular weight is 305 g/mol. The molecular formula is C16H20FN3O2. The van der Waals surface area contributed by atoms with Crippen LogP contribution in [0, 0.1) is 0 Å². The molecule has 0 saturated carbocycles. The number of halogens is 1. The number of amides is 1. The second kappa shape index (κ2) is 6.17. The van der Waals surface area contributed by atoms with Crippen molar-refractivity contribution >= 4 is 6.09 Å². The quantitative estimate of drug-likeness (QED) is 0.812. The van der Waals surface area contributed by atoms with E-state index in [1.807, 2.05) is 31.4 Å². The van der Waals surface area contributed by atoms with Crippen LogP contribution in [-0.4, -0.2) is 26.6 Å². The number of hydrogen-bond acceptors (Lipinski definition) is 3. The van der Waals surface area contributed by atoms with E-state index in [9.17, 15) is 9.28 Å². The lowest BCUT2D eigenvalue weighted by Crippen LogP contribution is -2.31. The second-order valence-corrected chi connectivity index (χ2v) is 6.07. The van der Waals surface area contributed by atoms with Gasteiger partial charge in [-0.1, -0.05) is 28.7 Å². The Hall–Kier alpha value is -2.37. The predicted molar refractivity (Wildman–Crippen MR) is 81.5 cm³/mol. The van der Waals surface area contributed by atoms with Crippen LogP contribution < -0.4 is 0 Å². The standard InChI is InChI=1S/C16H20FN3O2/c1-16(2,3)22-15(21)20(17)11-12-5-7-13(8-6-12)14-9-10-19(4)18-14/h5-10H,11H2,1-4H3. The molecule has 1 aromatic carbocycles. The molecule has 118 valence electrons. The van der Waals surface area contributed by atoms with Gasteiger partial charge in [0.15, 0.2) is 0 Å². The van der Waals surface area contributed by atoms with Crippen molar-refractivity contribution in [3.63, 3.8) is 0 Å². The lowest BCUT2D eigenvalue weighted by molar-refractivity contribution is -0.0350. The van der Waals surface area contributed by atoms with E-state index in [1.54, 1.807) is 37.6 Å². The molecule has 5 nitrogen and oxygen atoms in total. The Morgan fingerprint density at radius 3 is 2.41 bits per heavy atom. The summed E-state index contributed by atoms with van der Waals surface area (Å²) in [5, 5.41) is 4.37. The maximum absolute atomic E-state index is 13.8. The Morgan fingerprint density at radius 2 is 1.91 bits per heavy atom. The Bertz CT molecular complexity index is 644. The van der Waals surface area contributed by atoms with Crippen LogP contribution in [0.1, 0.15) is 26.3 Å². The fourth-order valence-corrected chi connectivity index (χ4v) is 1.89. The SMILES string of the molecule is Cn1ccc(-c2ccc(CN(F)C(=O)OC(C)(C)C)cc2)n1. The molecule has 0 aliphatic carbocycles. The summed E-state index contributed by atoms with van der Waals surface area (Å²) in [7, 11) is 1.85. The molecule has 22 heavy (non-hydrogen) atoms. The lowest BCUT2D eigenvalue weighted by Gasteiger charge is -2.22. The molecule has 0 spiro atoms. The first-order chi connectivity index (χ1) is 10.2. The Morgan fingerprint density at radius 1 is 1.27 bits per heavy atom. The third-order valence-corrected chi connectivity index (χ3v) is 2.88. The molecule has 0 aliphatic heterocycles. The first kappa shape index (κ1) is 16.0. The van der Waals surface area contributed by atoms with E-state index >= 15 is 0 Å². The number of benzene rings is 1. The number of rotatable bonds is 3. The highest BCUT2D eigenvalue weighted by Crippen LogP contribution is 2.19. The van der Waals surface area contributed by atoms with E-state index in [1.165, 1.54) is 0 Å². The summed E-state index contributed by atoms with van der Waals surface area (Å²) in [5.41, 5.74) is 1.74. The Balaban J connectivity index is 2.00. The summed E-state index contributed by atoms with van der Waals surface area (Å²) < 4.78 is 20.5. The van der Waals surface area contributed by atoms with Crippen molar-refractivity contribution in [3.05, 3.63) is 42.1 Å². The summed E-state index contributed by atoms with van der Waals surface area (Å²) >= 11 is 0. The minimum atomic E-state index is -0.985. The van der Waals surface area contributed by atoms with Crippen molar-refractivity contribution in [2.24, 2.45) is 7.05 Å². The Kier molecular flexibility index (Phi) is 4.49. The molecule has 0 fully saturated rings. The molecule has 1 aromatic heterocycles. The zero-order chi connectivity index (χ0) is 16.3. The van der Waals surface area contributed by atoms with E-state index in [0.717, 1.165) is 11.3 Å². The Labute approximate surface area is 129 Å². The highest BCUT2D eigenvalue weighted by molar-refractivity contribution is 5.67. The summed E-state index contributed by atoms with van der Waals surface area (Å²) in [4.78, 5) is 11.6. The van der Waals surface area contributed by atoms with Gasteiger partial charge in [0.2, 0.25) is 0 Å². The van der Waals surface area contributed by atoms with Crippen LogP contribution in [0.3, 0.4) is 0 Å². The zero-order valence-corrected chi connectivity index (χ0v) is 13.2. The van der Waals surface area contributed by atoms with Crippen LogP contribution in [0.15, 0.2) is 36.5 Å². The molecular weight excluding hydrogens is 285 g/mol. The number of carbonyl (C=O) groups is 1. The van der Waals surface area contributed by atoms with Gasteiger partial charge in [0.1, 0.15) is 5.60 Å². The van der Waals surface area contributed by atoms with Crippen LogP contribution in [0.4, 0.5) is 9.28 Å². The maximum atomic E-state index is 13.8. The molecule has 2 rings (SSSR count). The van der Waals surface area contributed by atoms with Crippen LogP contribution in [0.25, 0.3) is 11.3 Å². The molecule has 2 aromatic rings. The fraction of sp³-hybridized carbons (Fsp3) is 0.375. The van der Waals surface area contributed by atoms with Gasteiger partial charge in [0.05, 0.1) is 12.2 Å². The van der Waals surface area contributed by atoms with Gasteiger partial charge < -0.3 is 4.74 Å². The van der Waals surface area contributed by atoms with Gasteiger partial charge in [-0.25, -0.2) is 4.79 Å². The predicted octanol–water partition coefficient (Wildman–Crippen LogP) is 3.71. The van der Waals surface area contributed by atoms with Crippen molar-refractivity contribution in [1.82, 2.24) is 14.9 Å². The number of aryl methyl sites for hydroxylation is 1. The van der Waals surface area contributed by atoms with Gasteiger partial charge in [0.25, 0.3) is 0 Å². The van der Waals surface area contributed by atoms with Crippen LogP contribution in [0.2, 0.25) is 0 Å². The fourth-order valence-electron chi connectivity index (χ4n) is 1.89. The van der Waals surface area contributed by atoms with E-state index in [-0.39, 0.29) is 11.7 Å². The van der Waals surface area contributed by atoms with E-state index in [2.05, 4.69) is 5.10 Å². The average Bonchev–Trinajstić information content (AvgIpc) is 2.84. The van der Waals surface area contributed by atoms with Crippen molar-refractivity contribution in [2.75, 3.05) is 0 Å². The first-order valence-electron chi connectivity index (χ1n) is 7.00. The minimum Gasteiger partial charge on any atom is -0.442 e. The number of ether oxygens (including phenoxy) is 1. The van der Waals surface area contributed by atoms with E-state index in [0.29, 0.717) is 5.56 Å². The van der Waals surface area contributed by atoms with Crippen molar-refractivity contribution in [3.8, 4) is 11.3 Å². The molecule has 0 bridgehead atoms. The highest BCUT2D eigenvalue weighted by atomic mass is 19.2. The monoisotopic (exact) mass is 305 g/mol.